The molecule has 36 heavy (non-hydrogen) atoms. The van der Waals surface area contributed by atoms with Gasteiger partial charge in [0.15, 0.2) is 0 Å². The van der Waals surface area contributed by atoms with Gasteiger partial charge in [0, 0.05) is 25.2 Å². The standard InChI is InChI=1S/C33H34N2O/c1-24-19-28(32-29(20-24)22-31(35(3)33(32)36)27-17-11-6-12-18-27)21-30(26-15-9-5-10-16-26)34(2)23-25-13-7-4-8-14-25/h4-20,30-31H,21-23H2,1-3H3/t30-,31+/m0/s1. The lowest BCUT2D eigenvalue weighted by Crippen LogP contribution is -2.38. The van der Waals surface area contributed by atoms with E-state index in [1.165, 1.54) is 27.8 Å². The minimum Gasteiger partial charge on any atom is -0.334 e. The zero-order valence-electron chi connectivity index (χ0n) is 21.4. The summed E-state index contributed by atoms with van der Waals surface area (Å²) < 4.78 is 0. The molecule has 1 aliphatic heterocycles. The molecule has 182 valence electrons. The van der Waals surface area contributed by atoms with E-state index < -0.39 is 0 Å². The second-order valence-electron chi connectivity index (χ2n) is 10.0. The molecule has 2 atom stereocenters. The quantitative estimate of drug-likeness (QED) is 0.295. The molecule has 0 saturated carbocycles. The predicted molar refractivity (Wildman–Crippen MR) is 147 cm³/mol. The Morgan fingerprint density at radius 2 is 1.50 bits per heavy atom. The Hall–Kier alpha value is -3.69. The largest absolute Gasteiger partial charge is 0.334 e. The van der Waals surface area contributed by atoms with E-state index in [1.807, 2.05) is 18.0 Å². The van der Waals surface area contributed by atoms with E-state index in [9.17, 15) is 4.79 Å². The van der Waals surface area contributed by atoms with Gasteiger partial charge in [-0.2, -0.15) is 0 Å². The Bertz CT molecular complexity index is 1320. The summed E-state index contributed by atoms with van der Waals surface area (Å²) in [6.45, 7) is 2.99. The van der Waals surface area contributed by atoms with E-state index in [-0.39, 0.29) is 18.0 Å². The van der Waals surface area contributed by atoms with Crippen molar-refractivity contribution in [2.24, 2.45) is 0 Å². The van der Waals surface area contributed by atoms with E-state index in [0.29, 0.717) is 0 Å². The first-order valence-electron chi connectivity index (χ1n) is 12.7. The minimum absolute atomic E-state index is 0.0616. The number of likely N-dealkylation sites (N-methyl/N-ethyl adjacent to an activating group) is 2. The van der Waals surface area contributed by atoms with E-state index >= 15 is 0 Å². The maximum atomic E-state index is 13.8. The summed E-state index contributed by atoms with van der Waals surface area (Å²) in [5, 5.41) is 0. The summed E-state index contributed by atoms with van der Waals surface area (Å²) in [5.41, 5.74) is 8.15. The first kappa shape index (κ1) is 24.0. The highest BCUT2D eigenvalue weighted by Gasteiger charge is 2.33. The molecular weight excluding hydrogens is 440 g/mol. The number of aryl methyl sites for hydroxylation is 1. The van der Waals surface area contributed by atoms with Crippen LogP contribution in [0.2, 0.25) is 0 Å². The molecule has 0 radical (unpaired) electrons. The van der Waals surface area contributed by atoms with Gasteiger partial charge in [0.1, 0.15) is 0 Å². The van der Waals surface area contributed by atoms with Gasteiger partial charge in [-0.25, -0.2) is 0 Å². The number of amides is 1. The van der Waals surface area contributed by atoms with Crippen LogP contribution in [0.25, 0.3) is 0 Å². The van der Waals surface area contributed by atoms with Crippen LogP contribution in [-0.2, 0) is 19.4 Å². The average Bonchev–Trinajstić information content (AvgIpc) is 2.90. The zero-order chi connectivity index (χ0) is 25.1. The van der Waals surface area contributed by atoms with Crippen molar-refractivity contribution in [2.75, 3.05) is 14.1 Å². The van der Waals surface area contributed by atoms with Gasteiger partial charge in [-0.15, -0.1) is 0 Å². The lowest BCUT2D eigenvalue weighted by Gasteiger charge is -2.36. The van der Waals surface area contributed by atoms with E-state index in [0.717, 1.165) is 30.5 Å². The van der Waals surface area contributed by atoms with Crippen LogP contribution in [0.4, 0.5) is 0 Å². The van der Waals surface area contributed by atoms with Crippen LogP contribution in [0.5, 0.6) is 0 Å². The Balaban J connectivity index is 1.51. The number of carbonyl (C=O) groups excluding carboxylic acids is 1. The summed E-state index contributed by atoms with van der Waals surface area (Å²) in [5.74, 6) is 0.123. The van der Waals surface area contributed by atoms with Crippen molar-refractivity contribution >= 4 is 5.91 Å². The van der Waals surface area contributed by atoms with Crippen molar-refractivity contribution in [1.82, 2.24) is 9.80 Å². The fourth-order valence-corrected chi connectivity index (χ4v) is 5.61. The van der Waals surface area contributed by atoms with Crippen LogP contribution in [-0.4, -0.2) is 29.8 Å². The monoisotopic (exact) mass is 474 g/mol. The van der Waals surface area contributed by atoms with Gasteiger partial charge in [0.2, 0.25) is 0 Å². The Kier molecular flexibility index (Phi) is 7.02. The molecule has 0 fully saturated rings. The Morgan fingerprint density at radius 1 is 0.889 bits per heavy atom. The molecule has 0 bridgehead atoms. The third kappa shape index (κ3) is 4.98. The molecule has 0 aliphatic carbocycles. The molecule has 0 N–H and O–H groups in total. The topological polar surface area (TPSA) is 23.6 Å². The van der Waals surface area contributed by atoms with Gasteiger partial charge in [-0.3, -0.25) is 9.69 Å². The Morgan fingerprint density at radius 3 is 2.17 bits per heavy atom. The fraction of sp³-hybridized carbons (Fsp3) is 0.242. The summed E-state index contributed by atoms with van der Waals surface area (Å²) in [4.78, 5) is 18.2. The highest BCUT2D eigenvalue weighted by atomic mass is 16.2. The molecule has 3 heteroatoms. The van der Waals surface area contributed by atoms with Crippen molar-refractivity contribution in [2.45, 2.75) is 38.4 Å². The first-order valence-corrected chi connectivity index (χ1v) is 12.7. The number of hydrogen-bond donors (Lipinski definition) is 0. The second-order valence-corrected chi connectivity index (χ2v) is 10.0. The van der Waals surface area contributed by atoms with Crippen LogP contribution in [0.3, 0.4) is 0 Å². The maximum Gasteiger partial charge on any atom is 0.254 e. The molecule has 3 nitrogen and oxygen atoms in total. The smallest absolute Gasteiger partial charge is 0.254 e. The normalized spacial score (nSPS) is 16.2. The van der Waals surface area contributed by atoms with Crippen molar-refractivity contribution in [3.05, 3.63) is 142 Å². The highest BCUT2D eigenvalue weighted by Crippen LogP contribution is 2.36. The number of carbonyl (C=O) groups is 1. The molecule has 4 aromatic carbocycles. The Labute approximate surface area is 215 Å². The van der Waals surface area contributed by atoms with E-state index in [4.69, 9.17) is 0 Å². The number of benzene rings is 4. The number of hydrogen-bond acceptors (Lipinski definition) is 2. The fourth-order valence-electron chi connectivity index (χ4n) is 5.61. The maximum absolute atomic E-state index is 13.8. The lowest BCUT2D eigenvalue weighted by molar-refractivity contribution is 0.0703. The zero-order valence-corrected chi connectivity index (χ0v) is 21.4. The van der Waals surface area contributed by atoms with Crippen molar-refractivity contribution in [1.29, 1.82) is 0 Å². The summed E-state index contributed by atoms with van der Waals surface area (Å²) >= 11 is 0. The van der Waals surface area contributed by atoms with Crippen LogP contribution in [0, 0.1) is 6.92 Å². The van der Waals surface area contributed by atoms with Crippen LogP contribution in [0.1, 0.15) is 55.8 Å². The highest BCUT2D eigenvalue weighted by molar-refractivity contribution is 5.98. The van der Waals surface area contributed by atoms with Gasteiger partial charge in [-0.1, -0.05) is 109 Å². The third-order valence-corrected chi connectivity index (χ3v) is 7.45. The molecule has 0 unspecified atom stereocenters. The molecule has 4 aromatic rings. The van der Waals surface area contributed by atoms with Crippen molar-refractivity contribution in [3.63, 3.8) is 0 Å². The van der Waals surface area contributed by atoms with Gasteiger partial charge in [0.05, 0.1) is 6.04 Å². The van der Waals surface area contributed by atoms with Gasteiger partial charge < -0.3 is 4.90 Å². The molecule has 0 saturated heterocycles. The molecule has 1 amide bonds. The molecule has 5 rings (SSSR count). The first-order chi connectivity index (χ1) is 17.5. The number of fused-ring (bicyclic) bond motifs is 1. The van der Waals surface area contributed by atoms with Crippen molar-refractivity contribution < 1.29 is 4.79 Å². The predicted octanol–water partition coefficient (Wildman–Crippen LogP) is 6.78. The third-order valence-electron chi connectivity index (χ3n) is 7.45. The van der Waals surface area contributed by atoms with E-state index in [2.05, 4.69) is 116 Å². The molecule has 0 spiro atoms. The van der Waals surface area contributed by atoms with Crippen LogP contribution < -0.4 is 0 Å². The molecular formula is C33H34N2O. The molecule has 1 heterocycles. The summed E-state index contributed by atoms with van der Waals surface area (Å²) in [7, 11) is 4.13. The van der Waals surface area contributed by atoms with Crippen LogP contribution in [0.15, 0.2) is 103 Å². The molecule has 1 aliphatic rings. The molecule has 0 aromatic heterocycles. The summed E-state index contributed by atoms with van der Waals surface area (Å²) in [6.07, 6.45) is 1.62. The minimum atomic E-state index is 0.0616. The average molecular weight is 475 g/mol. The van der Waals surface area contributed by atoms with Gasteiger partial charge in [-0.05, 0) is 54.6 Å². The number of rotatable bonds is 7. The second kappa shape index (κ2) is 10.5. The lowest BCUT2D eigenvalue weighted by atomic mass is 9.84. The SMILES string of the molecule is Cc1cc2c(c(C[C@@H](c3ccccc3)N(C)Cc3ccccc3)c1)C(=O)N(C)[C@@H](c1ccccc1)C2. The van der Waals surface area contributed by atoms with Crippen LogP contribution >= 0.6 is 0 Å². The van der Waals surface area contributed by atoms with Gasteiger partial charge >= 0.3 is 0 Å². The number of nitrogens with zero attached hydrogens (tertiary/aromatic N) is 2. The van der Waals surface area contributed by atoms with Crippen molar-refractivity contribution in [3.8, 4) is 0 Å². The van der Waals surface area contributed by atoms with Gasteiger partial charge in [0.25, 0.3) is 5.91 Å². The van der Waals surface area contributed by atoms with E-state index in [1.54, 1.807) is 0 Å². The summed E-state index contributed by atoms with van der Waals surface area (Å²) in [6, 6.07) is 36.3.